The average molecular weight is 358 g/mol. The Kier molecular flexibility index (Phi) is 4.95. The van der Waals surface area contributed by atoms with E-state index in [1.807, 2.05) is 31.2 Å². The van der Waals surface area contributed by atoms with Crippen LogP contribution in [0.4, 0.5) is 16.2 Å². The molecule has 1 aliphatic heterocycles. The average Bonchev–Trinajstić information content (AvgIpc) is 2.57. The Balaban J connectivity index is 1.72. The zero-order valence-electron chi connectivity index (χ0n) is 14.2. The van der Waals surface area contributed by atoms with Crippen molar-refractivity contribution in [3.8, 4) is 0 Å². The highest BCUT2D eigenvalue weighted by Crippen LogP contribution is 2.22. The van der Waals surface area contributed by atoms with Crippen molar-refractivity contribution >= 4 is 34.9 Å². The highest BCUT2D eigenvalue weighted by molar-refractivity contribution is 6.30. The fourth-order valence-electron chi connectivity index (χ4n) is 2.96. The lowest BCUT2D eigenvalue weighted by Gasteiger charge is -2.39. The summed E-state index contributed by atoms with van der Waals surface area (Å²) >= 11 is 5.94. The number of aryl methyl sites for hydroxylation is 1. The number of rotatable bonds is 2. The van der Waals surface area contributed by atoms with Crippen LogP contribution in [0.25, 0.3) is 0 Å². The van der Waals surface area contributed by atoms with Crippen LogP contribution in [0.2, 0.25) is 5.02 Å². The van der Waals surface area contributed by atoms with Crippen molar-refractivity contribution in [3.63, 3.8) is 0 Å². The number of benzene rings is 2. The first-order valence-electron chi connectivity index (χ1n) is 8.17. The van der Waals surface area contributed by atoms with Gasteiger partial charge in [-0.15, -0.1) is 0 Å². The van der Waals surface area contributed by atoms with Crippen LogP contribution < -0.4 is 10.2 Å². The Morgan fingerprint density at radius 1 is 1.16 bits per heavy atom. The summed E-state index contributed by atoms with van der Waals surface area (Å²) in [5, 5.41) is 3.35. The van der Waals surface area contributed by atoms with Gasteiger partial charge in [0.25, 0.3) is 0 Å². The van der Waals surface area contributed by atoms with Crippen LogP contribution in [-0.4, -0.2) is 36.0 Å². The van der Waals surface area contributed by atoms with E-state index in [2.05, 4.69) is 5.32 Å². The number of urea groups is 1. The zero-order valence-corrected chi connectivity index (χ0v) is 15.0. The molecule has 2 aromatic carbocycles. The number of nitrogens with zero attached hydrogens (tertiary/aromatic N) is 2. The van der Waals surface area contributed by atoms with Crippen LogP contribution in [0.15, 0.2) is 48.5 Å². The number of anilines is 2. The van der Waals surface area contributed by atoms with Gasteiger partial charge in [-0.2, -0.15) is 0 Å². The molecule has 2 aromatic rings. The first-order valence-corrected chi connectivity index (χ1v) is 8.55. The Morgan fingerprint density at radius 3 is 2.64 bits per heavy atom. The quantitative estimate of drug-likeness (QED) is 0.885. The maximum Gasteiger partial charge on any atom is 0.322 e. The predicted molar refractivity (Wildman–Crippen MR) is 100 cm³/mol. The molecule has 0 bridgehead atoms. The number of carbonyl (C=O) groups is 2. The van der Waals surface area contributed by atoms with Gasteiger partial charge in [0.05, 0.1) is 0 Å². The second-order valence-corrected chi connectivity index (χ2v) is 6.58. The molecular weight excluding hydrogens is 338 g/mol. The van der Waals surface area contributed by atoms with Gasteiger partial charge in [0.2, 0.25) is 5.91 Å². The van der Waals surface area contributed by atoms with Crippen molar-refractivity contribution in [2.45, 2.75) is 19.9 Å². The molecule has 1 heterocycles. The van der Waals surface area contributed by atoms with E-state index in [-0.39, 0.29) is 11.9 Å². The normalized spacial score (nSPS) is 17.6. The minimum Gasteiger partial charge on any atom is -0.311 e. The number of piperazine rings is 1. The molecule has 0 radical (unpaired) electrons. The second-order valence-electron chi connectivity index (χ2n) is 6.14. The fraction of sp³-hybridized carbons (Fsp3) is 0.263. The molecule has 3 rings (SSSR count). The molecule has 130 valence electrons. The lowest BCUT2D eigenvalue weighted by molar-refractivity contribution is -0.123. The Morgan fingerprint density at radius 2 is 1.92 bits per heavy atom. The molecule has 1 fully saturated rings. The largest absolute Gasteiger partial charge is 0.322 e. The van der Waals surface area contributed by atoms with Gasteiger partial charge < -0.3 is 15.1 Å². The molecule has 1 unspecified atom stereocenters. The lowest BCUT2D eigenvalue weighted by Crippen LogP contribution is -2.58. The van der Waals surface area contributed by atoms with Crippen molar-refractivity contribution in [1.82, 2.24) is 4.90 Å². The van der Waals surface area contributed by atoms with Gasteiger partial charge in [-0.3, -0.25) is 4.79 Å². The second kappa shape index (κ2) is 7.15. The number of halogens is 1. The third kappa shape index (κ3) is 3.77. The monoisotopic (exact) mass is 357 g/mol. The fourth-order valence-corrected chi connectivity index (χ4v) is 3.15. The van der Waals surface area contributed by atoms with Crippen molar-refractivity contribution in [2.24, 2.45) is 0 Å². The van der Waals surface area contributed by atoms with E-state index >= 15 is 0 Å². The van der Waals surface area contributed by atoms with Crippen LogP contribution in [0.3, 0.4) is 0 Å². The Bertz CT molecular complexity index is 809. The molecule has 1 N–H and O–H groups in total. The van der Waals surface area contributed by atoms with E-state index in [9.17, 15) is 9.59 Å². The van der Waals surface area contributed by atoms with Crippen molar-refractivity contribution in [2.75, 3.05) is 23.3 Å². The molecule has 6 heteroatoms. The third-order valence-electron chi connectivity index (χ3n) is 4.31. The molecule has 0 spiro atoms. The van der Waals surface area contributed by atoms with E-state index in [0.29, 0.717) is 23.8 Å². The molecule has 0 saturated carbocycles. The highest BCUT2D eigenvalue weighted by Gasteiger charge is 2.35. The highest BCUT2D eigenvalue weighted by atomic mass is 35.5. The summed E-state index contributed by atoms with van der Waals surface area (Å²) in [4.78, 5) is 28.6. The topological polar surface area (TPSA) is 52.6 Å². The summed E-state index contributed by atoms with van der Waals surface area (Å²) in [6.45, 7) is 4.68. The first-order chi connectivity index (χ1) is 12.0. The first kappa shape index (κ1) is 17.3. The van der Waals surface area contributed by atoms with Gasteiger partial charge >= 0.3 is 6.03 Å². The predicted octanol–water partition coefficient (Wildman–Crippen LogP) is 3.92. The van der Waals surface area contributed by atoms with Crippen LogP contribution in [0.5, 0.6) is 0 Å². The number of amides is 3. The summed E-state index contributed by atoms with van der Waals surface area (Å²) in [6.07, 6.45) is 0. The molecule has 25 heavy (non-hydrogen) atoms. The minimum absolute atomic E-state index is 0.0851. The van der Waals surface area contributed by atoms with E-state index in [0.717, 1.165) is 11.3 Å². The van der Waals surface area contributed by atoms with Gasteiger partial charge in [-0.05, 0) is 49.7 Å². The molecule has 0 aromatic heterocycles. The van der Waals surface area contributed by atoms with Gasteiger partial charge in [0.15, 0.2) is 0 Å². The van der Waals surface area contributed by atoms with E-state index in [1.54, 1.807) is 41.0 Å². The van der Waals surface area contributed by atoms with Crippen molar-refractivity contribution in [1.29, 1.82) is 0 Å². The summed E-state index contributed by atoms with van der Waals surface area (Å²) in [5.41, 5.74) is 2.57. The molecule has 0 aliphatic carbocycles. The minimum atomic E-state index is -0.534. The van der Waals surface area contributed by atoms with Crippen LogP contribution >= 0.6 is 11.6 Å². The molecule has 1 saturated heterocycles. The summed E-state index contributed by atoms with van der Waals surface area (Å²) < 4.78 is 0. The standard InChI is InChI=1S/C19H20ClN3O2/c1-13-5-3-8-17(11-13)23-10-9-22(14(2)18(23)24)19(25)21-16-7-4-6-15(20)12-16/h3-8,11-12,14H,9-10H2,1-2H3,(H,21,25). The van der Waals surface area contributed by atoms with Crippen molar-refractivity contribution < 1.29 is 9.59 Å². The van der Waals surface area contributed by atoms with E-state index in [1.165, 1.54) is 0 Å². The van der Waals surface area contributed by atoms with Gasteiger partial charge in [-0.25, -0.2) is 4.79 Å². The van der Waals surface area contributed by atoms with Crippen molar-refractivity contribution in [3.05, 3.63) is 59.1 Å². The SMILES string of the molecule is Cc1cccc(N2CCN(C(=O)Nc3cccc(Cl)c3)C(C)C2=O)c1. The molecular formula is C19H20ClN3O2. The van der Waals surface area contributed by atoms with Crippen LogP contribution in [0, 0.1) is 6.92 Å². The Labute approximate surface area is 152 Å². The van der Waals surface area contributed by atoms with Crippen LogP contribution in [-0.2, 0) is 4.79 Å². The third-order valence-corrected chi connectivity index (χ3v) is 4.54. The van der Waals surface area contributed by atoms with Gasteiger partial charge in [0.1, 0.15) is 6.04 Å². The smallest absolute Gasteiger partial charge is 0.311 e. The summed E-state index contributed by atoms with van der Waals surface area (Å²) in [7, 11) is 0. The number of nitrogens with one attached hydrogen (secondary N) is 1. The summed E-state index contributed by atoms with van der Waals surface area (Å²) in [5.74, 6) is -0.0851. The van der Waals surface area contributed by atoms with Gasteiger partial charge in [-0.1, -0.05) is 29.8 Å². The molecule has 1 aliphatic rings. The maximum absolute atomic E-state index is 12.7. The number of hydrogen-bond donors (Lipinski definition) is 1. The number of hydrogen-bond acceptors (Lipinski definition) is 2. The van der Waals surface area contributed by atoms with E-state index < -0.39 is 6.04 Å². The molecule has 5 nitrogen and oxygen atoms in total. The lowest BCUT2D eigenvalue weighted by atomic mass is 10.1. The van der Waals surface area contributed by atoms with Gasteiger partial charge in [0, 0.05) is 29.5 Å². The van der Waals surface area contributed by atoms with Crippen LogP contribution in [0.1, 0.15) is 12.5 Å². The molecule has 3 amide bonds. The zero-order chi connectivity index (χ0) is 18.0. The maximum atomic E-state index is 12.7. The number of carbonyl (C=O) groups excluding carboxylic acids is 2. The molecule has 1 atom stereocenters. The summed E-state index contributed by atoms with van der Waals surface area (Å²) in [6, 6.07) is 13.9. The Hall–Kier alpha value is -2.53. The van der Waals surface area contributed by atoms with E-state index in [4.69, 9.17) is 11.6 Å².